The Morgan fingerprint density at radius 2 is 1.98 bits per heavy atom. The molecule has 5 rings (SSSR count). The Hall–Kier alpha value is -4.93. The number of benzene rings is 1. The summed E-state index contributed by atoms with van der Waals surface area (Å²) >= 11 is 0. The van der Waals surface area contributed by atoms with E-state index in [0.717, 1.165) is 10.9 Å². The fourth-order valence-electron chi connectivity index (χ4n) is 4.67. The Morgan fingerprint density at radius 3 is 2.62 bits per heavy atom. The number of halogens is 4. The van der Waals surface area contributed by atoms with Crippen LogP contribution in [0.1, 0.15) is 21.6 Å². The molecule has 1 saturated heterocycles. The van der Waals surface area contributed by atoms with Crippen LogP contribution in [0.25, 0.3) is 16.9 Å². The number of alkyl halides is 3. The van der Waals surface area contributed by atoms with Gasteiger partial charge < -0.3 is 15.1 Å². The molecule has 0 aliphatic carbocycles. The Bertz CT molecular complexity index is 1620. The Balaban J connectivity index is 1.45. The molecule has 14 heteroatoms. The van der Waals surface area contributed by atoms with E-state index < -0.39 is 23.6 Å². The lowest BCUT2D eigenvalue weighted by molar-refractivity contribution is -0.141. The van der Waals surface area contributed by atoms with Crippen molar-refractivity contribution in [1.29, 1.82) is 5.26 Å². The maximum atomic E-state index is 15.2. The van der Waals surface area contributed by atoms with Crippen molar-refractivity contribution in [2.75, 3.05) is 31.5 Å². The second-order valence-electron chi connectivity index (χ2n) is 9.14. The molecule has 1 amide bonds. The Kier molecular flexibility index (Phi) is 6.88. The fourth-order valence-corrected chi connectivity index (χ4v) is 4.67. The highest BCUT2D eigenvalue weighted by molar-refractivity contribution is 5.96. The Morgan fingerprint density at radius 1 is 1.23 bits per heavy atom. The topological polar surface area (TPSA) is 107 Å². The van der Waals surface area contributed by atoms with E-state index in [1.807, 2.05) is 4.90 Å². The van der Waals surface area contributed by atoms with Gasteiger partial charge in [0.2, 0.25) is 0 Å². The molecular weight excluding hydrogens is 530 g/mol. The van der Waals surface area contributed by atoms with Crippen LogP contribution in [0.2, 0.25) is 0 Å². The number of imidazole rings is 1. The average molecular weight is 554 g/mol. The molecule has 4 heterocycles. The zero-order valence-corrected chi connectivity index (χ0v) is 21.3. The monoisotopic (exact) mass is 553 g/mol. The smallest absolute Gasteiger partial charge is 0.374 e. The van der Waals surface area contributed by atoms with E-state index in [1.54, 1.807) is 30.2 Å². The molecule has 0 saturated carbocycles. The number of nitrogens with zero attached hydrogens (tertiary/aromatic N) is 8. The highest BCUT2D eigenvalue weighted by Crippen LogP contribution is 2.37. The predicted molar refractivity (Wildman–Crippen MR) is 137 cm³/mol. The molecule has 1 N–H and O–H groups in total. The van der Waals surface area contributed by atoms with Gasteiger partial charge in [-0.05, 0) is 30.8 Å². The molecule has 10 nitrogen and oxygen atoms in total. The molecule has 0 unspecified atom stereocenters. The maximum Gasteiger partial charge on any atom is 0.435 e. The van der Waals surface area contributed by atoms with Gasteiger partial charge in [0.15, 0.2) is 17.2 Å². The molecule has 4 aromatic rings. The molecule has 3 aromatic heterocycles. The van der Waals surface area contributed by atoms with E-state index in [4.69, 9.17) is 5.26 Å². The molecule has 0 bridgehead atoms. The number of hydrogen-bond acceptors (Lipinski definition) is 7. The minimum absolute atomic E-state index is 0.0269. The highest BCUT2D eigenvalue weighted by atomic mass is 19.4. The van der Waals surface area contributed by atoms with Gasteiger partial charge in [-0.25, -0.2) is 14.4 Å². The van der Waals surface area contributed by atoms with Gasteiger partial charge >= 0.3 is 6.18 Å². The van der Waals surface area contributed by atoms with Gasteiger partial charge in [-0.3, -0.25) is 13.9 Å². The number of aryl methyl sites for hydroxylation is 1. The van der Waals surface area contributed by atoms with E-state index in [-0.39, 0.29) is 40.5 Å². The first-order valence-electron chi connectivity index (χ1n) is 12.2. The van der Waals surface area contributed by atoms with Crippen LogP contribution in [0.5, 0.6) is 0 Å². The average Bonchev–Trinajstić information content (AvgIpc) is 3.53. The van der Waals surface area contributed by atoms with Gasteiger partial charge in [-0.2, -0.15) is 23.5 Å². The van der Waals surface area contributed by atoms with Crippen molar-refractivity contribution in [1.82, 2.24) is 33.9 Å². The minimum Gasteiger partial charge on any atom is -0.374 e. The number of carbonyl (C=O) groups is 1. The fraction of sp³-hybridized carbons (Fsp3) is 0.269. The van der Waals surface area contributed by atoms with Gasteiger partial charge in [-0.15, -0.1) is 0 Å². The third kappa shape index (κ3) is 4.93. The molecule has 1 aliphatic heterocycles. The van der Waals surface area contributed by atoms with Crippen molar-refractivity contribution in [3.05, 3.63) is 72.3 Å². The Labute approximate surface area is 225 Å². The van der Waals surface area contributed by atoms with Gasteiger partial charge in [0.25, 0.3) is 5.91 Å². The van der Waals surface area contributed by atoms with Crippen LogP contribution in [-0.4, -0.2) is 66.0 Å². The van der Waals surface area contributed by atoms with Crippen LogP contribution in [-0.2, 0) is 12.7 Å². The lowest BCUT2D eigenvalue weighted by atomic mass is 10.0. The zero-order chi connectivity index (χ0) is 28.6. The first-order chi connectivity index (χ1) is 19.1. The standard InChI is InChI=1S/C26H23F4N9O/c1-3-36-8-10-37(11-9-36)25(40)21-16(2)12-17(13-19(21)27)34-23-24-33-14-20(39(24)7-5-32-23)18-15-38(6-4-31)35-22(18)26(28,29)30/h3,5,7,12-15H,1,6,8-11H2,2H3,(H,32,34). The molecule has 206 valence electrons. The van der Waals surface area contributed by atoms with Crippen molar-refractivity contribution in [3.63, 3.8) is 0 Å². The second-order valence-corrected chi connectivity index (χ2v) is 9.14. The summed E-state index contributed by atoms with van der Waals surface area (Å²) in [6.07, 6.45) is 2.12. The van der Waals surface area contributed by atoms with E-state index in [0.29, 0.717) is 31.7 Å². The van der Waals surface area contributed by atoms with Crippen molar-refractivity contribution in [2.24, 2.45) is 0 Å². The SMILES string of the molecule is C=CN1CCN(C(=O)c2c(C)cc(Nc3nccn4c(-c5cn(CC#N)nc5C(F)(F)F)cnc34)cc2F)CC1. The molecule has 1 aromatic carbocycles. The first-order valence-corrected chi connectivity index (χ1v) is 12.2. The lowest BCUT2D eigenvalue weighted by Gasteiger charge is -2.34. The largest absolute Gasteiger partial charge is 0.435 e. The number of aromatic nitrogens is 5. The minimum atomic E-state index is -4.76. The molecular formula is C26H23F4N9O. The molecule has 1 aliphatic rings. The van der Waals surface area contributed by atoms with Gasteiger partial charge in [0.05, 0.1) is 29.1 Å². The number of amides is 1. The second kappa shape index (κ2) is 10.3. The lowest BCUT2D eigenvalue weighted by Crippen LogP contribution is -2.47. The summed E-state index contributed by atoms with van der Waals surface area (Å²) in [5.41, 5.74) is -0.485. The highest BCUT2D eigenvalue weighted by Gasteiger charge is 2.38. The van der Waals surface area contributed by atoms with Gasteiger partial charge in [0.1, 0.15) is 12.4 Å². The van der Waals surface area contributed by atoms with Gasteiger partial charge in [-0.1, -0.05) is 6.58 Å². The normalized spacial score (nSPS) is 13.9. The summed E-state index contributed by atoms with van der Waals surface area (Å²) in [7, 11) is 0. The summed E-state index contributed by atoms with van der Waals surface area (Å²) in [5.74, 6) is -0.958. The number of nitrogens with one attached hydrogen (secondary N) is 1. The predicted octanol–water partition coefficient (Wildman–Crippen LogP) is 4.23. The van der Waals surface area contributed by atoms with E-state index in [2.05, 4.69) is 27.0 Å². The van der Waals surface area contributed by atoms with Crippen LogP contribution in [0.3, 0.4) is 0 Å². The molecule has 0 spiro atoms. The van der Waals surface area contributed by atoms with E-state index in [1.165, 1.54) is 29.1 Å². The first kappa shape index (κ1) is 26.7. The van der Waals surface area contributed by atoms with Crippen molar-refractivity contribution in [3.8, 4) is 17.3 Å². The molecule has 40 heavy (non-hydrogen) atoms. The molecule has 0 atom stereocenters. The summed E-state index contributed by atoms with van der Waals surface area (Å²) < 4.78 is 58.6. The summed E-state index contributed by atoms with van der Waals surface area (Å²) in [5, 5.41) is 15.4. The zero-order valence-electron chi connectivity index (χ0n) is 21.3. The number of hydrogen-bond donors (Lipinski definition) is 1. The maximum absolute atomic E-state index is 15.2. The van der Waals surface area contributed by atoms with Crippen molar-refractivity contribution < 1.29 is 22.4 Å². The number of anilines is 2. The van der Waals surface area contributed by atoms with Crippen molar-refractivity contribution in [2.45, 2.75) is 19.6 Å². The molecule has 0 radical (unpaired) electrons. The van der Waals surface area contributed by atoms with Crippen LogP contribution < -0.4 is 5.32 Å². The number of rotatable bonds is 6. The van der Waals surface area contributed by atoms with E-state index >= 15 is 4.39 Å². The van der Waals surface area contributed by atoms with Crippen LogP contribution in [0.15, 0.2) is 49.7 Å². The summed E-state index contributed by atoms with van der Waals surface area (Å²) in [6.45, 7) is 7.11. The van der Waals surface area contributed by atoms with Gasteiger partial charge in [0, 0.05) is 50.5 Å². The number of carbonyl (C=O) groups excluding carboxylic acids is 1. The third-order valence-electron chi connectivity index (χ3n) is 6.59. The van der Waals surface area contributed by atoms with Crippen LogP contribution in [0.4, 0.5) is 29.1 Å². The summed E-state index contributed by atoms with van der Waals surface area (Å²) in [4.78, 5) is 25.1. The number of nitriles is 1. The molecule has 1 fully saturated rings. The van der Waals surface area contributed by atoms with Crippen LogP contribution in [0, 0.1) is 24.1 Å². The number of fused-ring (bicyclic) bond motifs is 1. The quantitative estimate of drug-likeness (QED) is 0.356. The van der Waals surface area contributed by atoms with E-state index in [9.17, 15) is 18.0 Å². The number of piperazine rings is 1. The summed E-state index contributed by atoms with van der Waals surface area (Å²) in [6, 6.07) is 4.53. The third-order valence-corrected chi connectivity index (χ3v) is 6.59. The van der Waals surface area contributed by atoms with Crippen LogP contribution >= 0.6 is 0 Å². The van der Waals surface area contributed by atoms with Crippen molar-refractivity contribution >= 4 is 23.1 Å².